The predicted octanol–water partition coefficient (Wildman–Crippen LogP) is 22.8. The summed E-state index contributed by atoms with van der Waals surface area (Å²) < 4.78 is 30.4. The van der Waals surface area contributed by atoms with Gasteiger partial charge in [0.1, 0.15) is 48.8 Å². The number of para-hydroxylation sites is 4. The van der Waals surface area contributed by atoms with Crippen molar-refractivity contribution in [2.45, 2.75) is 191 Å². The molecule has 2 spiro atoms. The first kappa shape index (κ1) is 85.0. The van der Waals surface area contributed by atoms with Crippen LogP contribution in [-0.2, 0) is 77.5 Å². The van der Waals surface area contributed by atoms with Crippen LogP contribution >= 0.6 is 45.6 Å². The van der Waals surface area contributed by atoms with Crippen molar-refractivity contribution in [1.82, 2.24) is 79.9 Å². The molecular weight excluding hydrogens is 1720 g/mol. The van der Waals surface area contributed by atoms with Crippen LogP contribution in [0.4, 0.5) is 0 Å². The number of halogens is 1. The van der Waals surface area contributed by atoms with E-state index in [-0.39, 0.29) is 27.6 Å². The second-order valence-corrected chi connectivity index (χ2v) is 41.7. The van der Waals surface area contributed by atoms with Crippen molar-refractivity contribution >= 4 is 95.0 Å². The molecule has 14 heterocycles. The van der Waals surface area contributed by atoms with Crippen molar-refractivity contribution in [3.05, 3.63) is 249 Å². The number of ether oxygens (including phenoxy) is 4. The molecule has 132 heavy (non-hydrogen) atoms. The number of carbonyl (C=O) groups is 1. The average Bonchev–Trinajstić information content (AvgIpc) is 1.21. The lowest BCUT2D eigenvalue weighted by atomic mass is 9.55. The van der Waals surface area contributed by atoms with Crippen LogP contribution in [0, 0.1) is 41.4 Å². The maximum atomic E-state index is 12.5. The molecule has 22 nitrogen and oxygen atoms in total. The fourth-order valence-electron chi connectivity index (χ4n) is 25.3. The highest BCUT2D eigenvalue weighted by atomic mass is 35.5. The molecule has 2 aliphatic heterocycles. The lowest BCUT2D eigenvalue weighted by Gasteiger charge is -2.54. The highest BCUT2D eigenvalue weighted by Gasteiger charge is 2.61. The van der Waals surface area contributed by atoms with Gasteiger partial charge in [0.05, 0.1) is 77.5 Å². The van der Waals surface area contributed by atoms with E-state index in [0.29, 0.717) is 91.0 Å². The van der Waals surface area contributed by atoms with Crippen LogP contribution in [0.15, 0.2) is 192 Å². The van der Waals surface area contributed by atoms with Gasteiger partial charge in [-0.15, -0.1) is 34.0 Å². The number of pyridine rings is 4. The number of thiazole rings is 3. The zero-order chi connectivity index (χ0) is 89.6. The maximum absolute atomic E-state index is 12.5. The summed E-state index contributed by atoms with van der Waals surface area (Å²) in [6, 6.07) is 40.7. The highest BCUT2D eigenvalue weighted by Crippen LogP contribution is 2.62. The molecule has 5 fully saturated rings. The molecule has 10 aliphatic rings. The van der Waals surface area contributed by atoms with Gasteiger partial charge in [-0.3, -0.25) is 24.7 Å². The average molecular weight is 1830 g/mol. The van der Waals surface area contributed by atoms with Crippen LogP contribution in [0.5, 0.6) is 0 Å². The van der Waals surface area contributed by atoms with E-state index in [1.807, 2.05) is 157 Å². The summed E-state index contributed by atoms with van der Waals surface area (Å²) in [4.78, 5) is 85.9. The maximum Gasteiger partial charge on any atom is 0.171 e. The molecule has 0 N–H and O–H groups in total. The third-order valence-electron chi connectivity index (χ3n) is 32.1. The zero-order valence-electron chi connectivity index (χ0n) is 75.2. The van der Waals surface area contributed by atoms with Crippen molar-refractivity contribution in [2.75, 3.05) is 26.4 Å². The van der Waals surface area contributed by atoms with Gasteiger partial charge >= 0.3 is 0 Å². The van der Waals surface area contributed by atoms with Gasteiger partial charge in [0.15, 0.2) is 34.9 Å². The summed E-state index contributed by atoms with van der Waals surface area (Å²) >= 11 is 11.7. The molecule has 12 aromatic heterocycles. The van der Waals surface area contributed by atoms with Crippen molar-refractivity contribution in [2.24, 2.45) is 41.4 Å². The quantitative estimate of drug-likeness (QED) is 0.134. The minimum absolute atomic E-state index is 0.0694. The van der Waals surface area contributed by atoms with Crippen LogP contribution in [0.1, 0.15) is 182 Å². The summed E-state index contributed by atoms with van der Waals surface area (Å²) in [6.45, 7) is 21.2. The number of fused-ring (bicyclic) bond motifs is 17. The molecule has 0 amide bonds. The zero-order valence-corrected chi connectivity index (χ0v) is 78.4. The first-order chi connectivity index (χ1) is 64.3. The predicted molar refractivity (Wildman–Crippen MR) is 514 cm³/mol. The molecule has 8 aliphatic carbocycles. The van der Waals surface area contributed by atoms with Gasteiger partial charge in [0.2, 0.25) is 0 Å². The van der Waals surface area contributed by atoms with Gasteiger partial charge in [0, 0.05) is 196 Å². The van der Waals surface area contributed by atoms with Gasteiger partial charge in [-0.2, -0.15) is 0 Å². The fourth-order valence-corrected chi connectivity index (χ4v) is 27.5. The van der Waals surface area contributed by atoms with Crippen LogP contribution < -0.4 is 0 Å². The van der Waals surface area contributed by atoms with Crippen LogP contribution in [0.2, 0.25) is 5.15 Å². The molecule has 3 saturated carbocycles. The molecular formula is C106H101ClN16O6S3. The second kappa shape index (κ2) is 33.4. The molecule has 0 bridgehead atoms. The molecule has 4 aromatic carbocycles. The van der Waals surface area contributed by atoms with Gasteiger partial charge < -0.3 is 23.5 Å². The van der Waals surface area contributed by atoms with E-state index in [0.717, 1.165) is 234 Å². The van der Waals surface area contributed by atoms with E-state index in [2.05, 4.69) is 126 Å². The third kappa shape index (κ3) is 14.0. The highest BCUT2D eigenvalue weighted by molar-refractivity contribution is 7.13. The Bertz CT molecular complexity index is 7150. The lowest BCUT2D eigenvalue weighted by Crippen LogP contribution is -2.55. The van der Waals surface area contributed by atoms with Gasteiger partial charge in [0.25, 0.3) is 0 Å². The van der Waals surface area contributed by atoms with Crippen molar-refractivity contribution in [3.8, 4) is 77.7 Å². The Morgan fingerprint density at radius 1 is 0.364 bits per heavy atom. The first-order valence-electron chi connectivity index (χ1n) is 46.7. The summed E-state index contributed by atoms with van der Waals surface area (Å²) in [7, 11) is 0. The number of hydrogen-bond acceptors (Lipinski definition) is 25. The molecule has 0 radical (unpaired) electrons. The molecule has 26 rings (SSSR count). The van der Waals surface area contributed by atoms with Gasteiger partial charge in [-0.05, 0) is 149 Å². The molecule has 12 atom stereocenters. The Morgan fingerprint density at radius 3 is 1.11 bits per heavy atom. The van der Waals surface area contributed by atoms with Crippen LogP contribution in [-0.4, -0.2) is 124 Å². The van der Waals surface area contributed by atoms with Gasteiger partial charge in [-0.1, -0.05) is 145 Å². The van der Waals surface area contributed by atoms with E-state index in [4.69, 9.17) is 74.9 Å². The molecule has 2 saturated heterocycles. The SMILES string of the molecule is C[C@@H]1[C@H]2CCc3c(-c4nccs4)nc(-c4ccnc5ccccc45)nc3[C@]2(C)CCC12OCCO2.C[C@@H]1[C@H]2CCc3c(Cl)nc(-c4ccnc5ccccc45)nc3[C@]2(C)CCC12OCCO2.C[C@H]1C(=O)CC[C@@]2(C)c3nc(-c4ccnc5ccccc45)nc(-c4nccs4)c3CC[C@H]12.C[C@H]1c2oncc2C[C@@]2(C)c3nc(-c4ccnc5ccccc45)nc(-c4nccs4)c3CC[C@H]12. The summed E-state index contributed by atoms with van der Waals surface area (Å²) in [5.41, 5.74) is 20.8. The number of benzene rings is 4. The molecule has 26 heteroatoms. The summed E-state index contributed by atoms with van der Waals surface area (Å²) in [6.07, 6.45) is 28.8. The molecule has 0 unspecified atom stereocenters. The summed E-state index contributed by atoms with van der Waals surface area (Å²) in [5, 5.41) is 17.8. The first-order valence-corrected chi connectivity index (χ1v) is 49.7. The third-order valence-corrected chi connectivity index (χ3v) is 34.7. The topological polar surface area (TPSA) is 273 Å². The number of rotatable bonds is 7. The minimum Gasteiger partial charge on any atom is -0.361 e. The Hall–Kier alpha value is -11.3. The van der Waals surface area contributed by atoms with E-state index >= 15 is 0 Å². The van der Waals surface area contributed by atoms with E-state index in [9.17, 15) is 4.79 Å². The van der Waals surface area contributed by atoms with Crippen LogP contribution in [0.3, 0.4) is 0 Å². The largest absolute Gasteiger partial charge is 0.361 e. The Kier molecular flexibility index (Phi) is 21.5. The second-order valence-electron chi connectivity index (χ2n) is 38.6. The monoisotopic (exact) mass is 1820 g/mol. The number of Topliss-reactive ketones (excluding diaryl/α,β-unsaturated/α-hetero) is 1. The molecule has 666 valence electrons. The van der Waals surface area contributed by atoms with Crippen molar-refractivity contribution in [3.63, 3.8) is 0 Å². The lowest BCUT2D eigenvalue weighted by molar-refractivity contribution is -0.234. The number of aromatic nitrogens is 16. The molecule has 16 aromatic rings. The van der Waals surface area contributed by atoms with Crippen molar-refractivity contribution < 1.29 is 28.3 Å². The van der Waals surface area contributed by atoms with Crippen molar-refractivity contribution in [1.29, 1.82) is 0 Å². The minimum atomic E-state index is -0.434. The Morgan fingerprint density at radius 2 is 0.712 bits per heavy atom. The smallest absolute Gasteiger partial charge is 0.171 e. The normalized spacial score (nSPS) is 26.1. The van der Waals surface area contributed by atoms with E-state index in [1.165, 1.54) is 27.9 Å². The van der Waals surface area contributed by atoms with E-state index in [1.54, 1.807) is 34.0 Å². The Labute approximate surface area is 782 Å². The standard InChI is InChI=1S/C28H28N4O2S.C27H23N5OS.C26H24N4OS.C25H26ClN3O2/c1-17-21-8-7-20-23(26-30-13-16-35-26)31-25(19-9-12-29-22-6-4-3-5-18(19)22)32-24(20)27(21,2)10-11-28(17)33-14-15-34-28;1-15-20-8-7-19-22(26-29-11-12-34-26)31-25(18-9-10-28-21-6-4-3-5-17(18)21)32-24(19)27(20,2)13-16-14-30-33-23(15)16;1-15-19-8-7-18-22(25-28-13-14-32-25)29-24(30-23(18)26(19,2)11-9-21(15)31)17-10-12-27-20-6-4-3-5-16(17)20;1-15-19-8-7-18-21(24(19,2)10-11-25(15)30-13-14-31-25)28-23(29-22(18)26)17-9-12-27-20-6-4-3-5-16(17)20/h3-6,9,12-13,16-17,21H,7-8,10-11,14-15H2,1-2H3;3-6,9-12,14-15,20H,7-8,13H2,1-2H3;3-6,10,12-15,19H,7-9,11H2,1-2H3;3-6,9,12,15,19H,7-8,10-11,13-14H2,1-2H3/t17-,21-,27-;15-,20-,27-;15-,19-,26-;15-,19-,24-/m1111/s1. The summed E-state index contributed by atoms with van der Waals surface area (Å²) in [5.74, 6) is 6.08. The van der Waals surface area contributed by atoms with Crippen LogP contribution in [0.25, 0.3) is 121 Å². The Balaban J connectivity index is 0.0000000999. The number of hydrogen-bond donors (Lipinski definition) is 0. The number of nitrogens with zero attached hydrogens (tertiary/aromatic N) is 16. The fraction of sp³-hybridized carbons (Fsp3) is 0.387. The number of ketones is 1. The van der Waals surface area contributed by atoms with E-state index < -0.39 is 11.6 Å². The number of carbonyl (C=O) groups excluding carboxylic acids is 1. The van der Waals surface area contributed by atoms with Gasteiger partial charge in [-0.25, -0.2) is 54.8 Å².